The number of hydrogen-bond donors (Lipinski definition) is 1. The summed E-state index contributed by atoms with van der Waals surface area (Å²) in [4.78, 5) is 0. The van der Waals surface area contributed by atoms with Gasteiger partial charge < -0.3 is 10.1 Å². The molecule has 100 valence electrons. The number of ether oxygens (including phenoxy) is 1. The van der Waals surface area contributed by atoms with E-state index in [4.69, 9.17) is 4.74 Å². The molecular weight excluding hydrogens is 234 g/mol. The lowest BCUT2D eigenvalue weighted by atomic mass is 9.57. The first-order chi connectivity index (χ1) is 7.93. The van der Waals surface area contributed by atoms with E-state index in [1.165, 1.54) is 6.42 Å². The molecule has 0 aromatic carbocycles. The lowest BCUT2D eigenvalue weighted by Crippen LogP contribution is -2.67. The van der Waals surface area contributed by atoms with Crippen LogP contribution in [-0.4, -0.2) is 41.0 Å². The first kappa shape index (κ1) is 13.5. The van der Waals surface area contributed by atoms with Crippen molar-refractivity contribution in [3.8, 4) is 0 Å². The van der Waals surface area contributed by atoms with E-state index in [9.17, 15) is 4.21 Å². The van der Waals surface area contributed by atoms with E-state index in [0.717, 1.165) is 18.8 Å². The molecule has 2 fully saturated rings. The van der Waals surface area contributed by atoms with Crippen molar-refractivity contribution in [3.05, 3.63) is 0 Å². The Morgan fingerprint density at radius 1 is 1.53 bits per heavy atom. The van der Waals surface area contributed by atoms with E-state index >= 15 is 0 Å². The van der Waals surface area contributed by atoms with Gasteiger partial charge in [-0.2, -0.15) is 0 Å². The molecule has 1 heterocycles. The summed E-state index contributed by atoms with van der Waals surface area (Å²) in [5, 5.41) is 3.72. The molecule has 1 aliphatic heterocycles. The third-order valence-electron chi connectivity index (χ3n) is 4.40. The van der Waals surface area contributed by atoms with Crippen molar-refractivity contribution in [3.63, 3.8) is 0 Å². The predicted molar refractivity (Wildman–Crippen MR) is 71.6 cm³/mol. The van der Waals surface area contributed by atoms with Crippen molar-refractivity contribution < 1.29 is 8.95 Å². The maximum atomic E-state index is 11.1. The predicted octanol–water partition coefficient (Wildman–Crippen LogP) is 1.55. The molecule has 2 rings (SSSR count). The van der Waals surface area contributed by atoms with Crippen LogP contribution in [0.15, 0.2) is 0 Å². The van der Waals surface area contributed by atoms with Crippen LogP contribution in [0.25, 0.3) is 0 Å². The van der Waals surface area contributed by atoms with Gasteiger partial charge in [-0.15, -0.1) is 0 Å². The molecule has 3 nitrogen and oxygen atoms in total. The summed E-state index contributed by atoms with van der Waals surface area (Å²) in [5.74, 6) is 1.49. The van der Waals surface area contributed by atoms with Crippen LogP contribution in [0.2, 0.25) is 0 Å². The van der Waals surface area contributed by atoms with E-state index < -0.39 is 10.8 Å². The van der Waals surface area contributed by atoms with Gasteiger partial charge in [-0.25, -0.2) is 0 Å². The Balaban J connectivity index is 1.84. The molecule has 0 amide bonds. The van der Waals surface area contributed by atoms with E-state index in [1.54, 1.807) is 6.26 Å². The minimum atomic E-state index is -0.674. The second-order valence-electron chi connectivity index (χ2n) is 6.18. The average Bonchev–Trinajstić information content (AvgIpc) is 2.69. The highest BCUT2D eigenvalue weighted by atomic mass is 32.2. The molecule has 0 aromatic rings. The van der Waals surface area contributed by atoms with Crippen molar-refractivity contribution in [2.75, 3.05) is 18.6 Å². The Labute approximate surface area is 107 Å². The smallest absolute Gasteiger partial charge is 0.0685 e. The van der Waals surface area contributed by atoms with Gasteiger partial charge in [0.2, 0.25) is 0 Å². The van der Waals surface area contributed by atoms with Crippen molar-refractivity contribution in [2.24, 2.45) is 11.3 Å². The molecule has 1 aliphatic carbocycles. The topological polar surface area (TPSA) is 38.3 Å². The van der Waals surface area contributed by atoms with Gasteiger partial charge in [0.1, 0.15) is 0 Å². The number of hydrogen-bond acceptors (Lipinski definition) is 3. The SMILES string of the molecule is CC(CCS(C)=O)NC1C2CCOC2C1(C)C. The summed E-state index contributed by atoms with van der Waals surface area (Å²) in [7, 11) is -0.674. The van der Waals surface area contributed by atoms with Crippen molar-refractivity contribution in [2.45, 2.75) is 51.8 Å². The Morgan fingerprint density at radius 3 is 2.88 bits per heavy atom. The van der Waals surface area contributed by atoms with Gasteiger partial charge in [0.15, 0.2) is 0 Å². The molecule has 5 unspecified atom stereocenters. The quantitative estimate of drug-likeness (QED) is 0.814. The maximum Gasteiger partial charge on any atom is 0.0685 e. The summed E-state index contributed by atoms with van der Waals surface area (Å²) in [6, 6.07) is 1.01. The van der Waals surface area contributed by atoms with Gasteiger partial charge in [-0.05, 0) is 19.8 Å². The highest BCUT2D eigenvalue weighted by molar-refractivity contribution is 7.84. The largest absolute Gasteiger partial charge is 0.377 e. The monoisotopic (exact) mass is 259 g/mol. The average molecular weight is 259 g/mol. The fraction of sp³-hybridized carbons (Fsp3) is 1.00. The Bertz CT molecular complexity index is 306. The summed E-state index contributed by atoms with van der Waals surface area (Å²) >= 11 is 0. The van der Waals surface area contributed by atoms with Crippen molar-refractivity contribution in [1.82, 2.24) is 5.32 Å². The minimum absolute atomic E-state index is 0.251. The maximum absolute atomic E-state index is 11.1. The summed E-state index contributed by atoms with van der Waals surface area (Å²) in [6.45, 7) is 7.71. The molecule has 4 heteroatoms. The minimum Gasteiger partial charge on any atom is -0.377 e. The molecule has 0 bridgehead atoms. The Kier molecular flexibility index (Phi) is 3.96. The van der Waals surface area contributed by atoms with Crippen LogP contribution >= 0.6 is 0 Å². The van der Waals surface area contributed by atoms with Crippen molar-refractivity contribution in [1.29, 1.82) is 0 Å². The van der Waals surface area contributed by atoms with E-state index in [-0.39, 0.29) is 5.41 Å². The normalized spacial score (nSPS) is 38.2. The first-order valence-electron chi connectivity index (χ1n) is 6.60. The van der Waals surface area contributed by atoms with Gasteiger partial charge in [0.25, 0.3) is 0 Å². The van der Waals surface area contributed by atoms with Crippen LogP contribution in [0.4, 0.5) is 0 Å². The van der Waals surface area contributed by atoms with Gasteiger partial charge in [0, 0.05) is 52.8 Å². The number of rotatable bonds is 5. The molecule has 2 aliphatic rings. The third-order valence-corrected chi connectivity index (χ3v) is 5.21. The number of fused-ring (bicyclic) bond motifs is 1. The molecule has 0 spiro atoms. The lowest BCUT2D eigenvalue weighted by molar-refractivity contribution is -0.115. The fourth-order valence-electron chi connectivity index (χ4n) is 3.40. The molecular formula is C13H25NO2S. The van der Waals surface area contributed by atoms with Crippen molar-refractivity contribution >= 4 is 10.8 Å². The Morgan fingerprint density at radius 2 is 2.24 bits per heavy atom. The second kappa shape index (κ2) is 4.98. The van der Waals surface area contributed by atoms with Crippen LogP contribution in [0, 0.1) is 11.3 Å². The fourth-order valence-corrected chi connectivity index (χ4v) is 4.08. The zero-order valence-corrected chi connectivity index (χ0v) is 12.2. The van der Waals surface area contributed by atoms with Crippen LogP contribution in [0.5, 0.6) is 0 Å². The molecule has 1 saturated heterocycles. The van der Waals surface area contributed by atoms with E-state index in [1.807, 2.05) is 0 Å². The highest BCUT2D eigenvalue weighted by Gasteiger charge is 2.59. The number of nitrogens with one attached hydrogen (secondary N) is 1. The molecule has 5 atom stereocenters. The summed E-state index contributed by atoms with van der Waals surface area (Å²) in [6.07, 6.45) is 4.42. The lowest BCUT2D eigenvalue weighted by Gasteiger charge is -2.55. The summed E-state index contributed by atoms with van der Waals surface area (Å²) < 4.78 is 16.9. The molecule has 0 aromatic heterocycles. The highest BCUT2D eigenvalue weighted by Crippen LogP contribution is 2.52. The van der Waals surface area contributed by atoms with Gasteiger partial charge in [-0.1, -0.05) is 13.8 Å². The Hall–Kier alpha value is 0.0700. The van der Waals surface area contributed by atoms with Crippen LogP contribution in [0.1, 0.15) is 33.6 Å². The van der Waals surface area contributed by atoms with Gasteiger partial charge in [0.05, 0.1) is 6.10 Å². The zero-order chi connectivity index (χ0) is 12.6. The standard InChI is InChI=1S/C13H25NO2S/c1-9(6-8-17(4)15)14-11-10-5-7-16-12(10)13(11,2)3/h9-12,14H,5-8H2,1-4H3. The molecule has 1 saturated carbocycles. The molecule has 1 N–H and O–H groups in total. The van der Waals surface area contributed by atoms with Gasteiger partial charge in [-0.3, -0.25) is 4.21 Å². The summed E-state index contributed by atoms with van der Waals surface area (Å²) in [5.41, 5.74) is 0.251. The third kappa shape index (κ3) is 2.59. The molecule has 0 radical (unpaired) electrons. The first-order valence-corrected chi connectivity index (χ1v) is 8.33. The van der Waals surface area contributed by atoms with Gasteiger partial charge >= 0.3 is 0 Å². The van der Waals surface area contributed by atoms with Crippen LogP contribution in [-0.2, 0) is 15.5 Å². The molecule has 17 heavy (non-hydrogen) atoms. The van der Waals surface area contributed by atoms with E-state index in [2.05, 4.69) is 26.1 Å². The zero-order valence-electron chi connectivity index (χ0n) is 11.4. The van der Waals surface area contributed by atoms with E-state index in [0.29, 0.717) is 24.1 Å². The van der Waals surface area contributed by atoms with Crippen LogP contribution < -0.4 is 5.32 Å². The second-order valence-corrected chi connectivity index (χ2v) is 7.73. The van der Waals surface area contributed by atoms with Crippen LogP contribution in [0.3, 0.4) is 0 Å².